The predicted octanol–water partition coefficient (Wildman–Crippen LogP) is -0.253. The quantitative estimate of drug-likeness (QED) is 0.400. The average Bonchev–Trinajstić information content (AvgIpc) is 2.39. The molecule has 0 bridgehead atoms. The molecule has 7 heteroatoms. The van der Waals surface area contributed by atoms with Crippen molar-refractivity contribution in [2.75, 3.05) is 65.9 Å². The van der Waals surface area contributed by atoms with Crippen LogP contribution in [0.15, 0.2) is 0 Å². The summed E-state index contributed by atoms with van der Waals surface area (Å²) in [5.74, 6) is -0.967. The van der Waals surface area contributed by atoms with Gasteiger partial charge in [0, 0.05) is 19.7 Å². The van der Waals surface area contributed by atoms with Crippen LogP contribution >= 0.6 is 0 Å². The molecule has 0 unspecified atom stereocenters. The standard InChI is InChI=1S/C12H25NO6/c1-2-16-7-8-17-5-3-13-4-6-18-9-10-19-11-12(14)15/h13H,2-11H2,1H3,(H,14,15). The lowest BCUT2D eigenvalue weighted by Crippen LogP contribution is -2.25. The molecule has 0 heterocycles. The number of carboxylic acid groups (broad SMARTS) is 1. The van der Waals surface area contributed by atoms with Crippen LogP contribution in [0.5, 0.6) is 0 Å². The molecule has 0 saturated heterocycles. The number of aliphatic carboxylic acids is 1. The first-order valence-corrected chi connectivity index (χ1v) is 6.50. The van der Waals surface area contributed by atoms with Gasteiger partial charge in [-0.25, -0.2) is 4.79 Å². The summed E-state index contributed by atoms with van der Waals surface area (Å²) in [6, 6.07) is 0. The van der Waals surface area contributed by atoms with Gasteiger partial charge < -0.3 is 29.4 Å². The minimum absolute atomic E-state index is 0.277. The van der Waals surface area contributed by atoms with Crippen molar-refractivity contribution in [1.82, 2.24) is 5.32 Å². The molecule has 0 atom stereocenters. The van der Waals surface area contributed by atoms with Gasteiger partial charge in [0.15, 0.2) is 0 Å². The second-order valence-corrected chi connectivity index (χ2v) is 3.62. The molecule has 7 nitrogen and oxygen atoms in total. The van der Waals surface area contributed by atoms with E-state index in [2.05, 4.69) is 5.32 Å². The third-order valence-corrected chi connectivity index (χ3v) is 2.02. The maximum Gasteiger partial charge on any atom is 0.329 e. The van der Waals surface area contributed by atoms with Crippen molar-refractivity contribution in [1.29, 1.82) is 0 Å². The molecule has 0 fully saturated rings. The number of rotatable bonds is 15. The first-order valence-electron chi connectivity index (χ1n) is 6.50. The topological polar surface area (TPSA) is 86.3 Å². The Bertz CT molecular complexity index is 203. The van der Waals surface area contributed by atoms with Gasteiger partial charge >= 0.3 is 5.97 Å². The number of hydrogen-bond donors (Lipinski definition) is 2. The van der Waals surface area contributed by atoms with Gasteiger partial charge in [-0.15, -0.1) is 0 Å². The monoisotopic (exact) mass is 279 g/mol. The van der Waals surface area contributed by atoms with Crippen molar-refractivity contribution in [2.24, 2.45) is 0 Å². The summed E-state index contributed by atoms with van der Waals surface area (Å²) in [6.45, 7) is 7.06. The molecule has 0 radical (unpaired) electrons. The highest BCUT2D eigenvalue weighted by Gasteiger charge is 1.95. The van der Waals surface area contributed by atoms with Gasteiger partial charge in [-0.1, -0.05) is 0 Å². The molecule has 114 valence electrons. The Morgan fingerprint density at radius 3 is 1.95 bits per heavy atom. The number of ether oxygens (including phenoxy) is 4. The zero-order valence-corrected chi connectivity index (χ0v) is 11.6. The minimum atomic E-state index is -0.967. The maximum absolute atomic E-state index is 10.1. The van der Waals surface area contributed by atoms with E-state index >= 15 is 0 Å². The van der Waals surface area contributed by atoms with Gasteiger partial charge in [0.1, 0.15) is 6.61 Å². The molecular weight excluding hydrogens is 254 g/mol. The van der Waals surface area contributed by atoms with Crippen molar-refractivity contribution >= 4 is 5.97 Å². The van der Waals surface area contributed by atoms with Crippen molar-refractivity contribution in [3.8, 4) is 0 Å². The summed E-state index contributed by atoms with van der Waals surface area (Å²) in [5, 5.41) is 11.5. The molecular formula is C12H25NO6. The van der Waals surface area contributed by atoms with Crippen LogP contribution in [0, 0.1) is 0 Å². The Hall–Kier alpha value is -0.730. The molecule has 0 aromatic rings. The van der Waals surface area contributed by atoms with Crippen LogP contribution in [0.2, 0.25) is 0 Å². The lowest BCUT2D eigenvalue weighted by Gasteiger charge is -2.07. The van der Waals surface area contributed by atoms with Crippen molar-refractivity contribution in [3.63, 3.8) is 0 Å². The van der Waals surface area contributed by atoms with E-state index < -0.39 is 5.97 Å². The molecule has 0 amide bonds. The Morgan fingerprint density at radius 1 is 0.895 bits per heavy atom. The third-order valence-electron chi connectivity index (χ3n) is 2.02. The second-order valence-electron chi connectivity index (χ2n) is 3.62. The summed E-state index contributed by atoms with van der Waals surface area (Å²) >= 11 is 0. The largest absolute Gasteiger partial charge is 0.480 e. The molecule has 0 aromatic carbocycles. The molecule has 0 aliphatic heterocycles. The molecule has 0 aromatic heterocycles. The van der Waals surface area contributed by atoms with Crippen molar-refractivity contribution < 1.29 is 28.8 Å². The number of hydrogen-bond acceptors (Lipinski definition) is 6. The van der Waals surface area contributed by atoms with Gasteiger partial charge in [-0.05, 0) is 6.92 Å². The zero-order valence-electron chi connectivity index (χ0n) is 11.6. The van der Waals surface area contributed by atoms with Crippen LogP contribution in [0.25, 0.3) is 0 Å². The smallest absolute Gasteiger partial charge is 0.329 e. The fraction of sp³-hybridized carbons (Fsp3) is 0.917. The Labute approximate surface area is 114 Å². The molecule has 0 rings (SSSR count). The van der Waals surface area contributed by atoms with E-state index in [0.29, 0.717) is 39.6 Å². The van der Waals surface area contributed by atoms with Crippen LogP contribution in [0.3, 0.4) is 0 Å². The zero-order chi connectivity index (χ0) is 14.2. The van der Waals surface area contributed by atoms with Gasteiger partial charge in [0.25, 0.3) is 0 Å². The lowest BCUT2D eigenvalue weighted by molar-refractivity contribution is -0.142. The molecule has 19 heavy (non-hydrogen) atoms. The molecule has 2 N–H and O–H groups in total. The van der Waals surface area contributed by atoms with E-state index in [1.54, 1.807) is 0 Å². The highest BCUT2D eigenvalue weighted by atomic mass is 16.5. The van der Waals surface area contributed by atoms with E-state index in [-0.39, 0.29) is 6.61 Å². The van der Waals surface area contributed by atoms with E-state index in [1.807, 2.05) is 6.92 Å². The third kappa shape index (κ3) is 17.3. The van der Waals surface area contributed by atoms with E-state index in [1.165, 1.54) is 0 Å². The van der Waals surface area contributed by atoms with Crippen molar-refractivity contribution in [3.05, 3.63) is 0 Å². The number of nitrogens with one attached hydrogen (secondary N) is 1. The second kappa shape index (κ2) is 15.3. The van der Waals surface area contributed by atoms with Crippen LogP contribution in [0.4, 0.5) is 0 Å². The number of carboxylic acids is 1. The van der Waals surface area contributed by atoms with Crippen LogP contribution in [0.1, 0.15) is 6.92 Å². The molecule has 0 aliphatic rings. The van der Waals surface area contributed by atoms with Crippen molar-refractivity contribution in [2.45, 2.75) is 6.92 Å². The summed E-state index contributed by atoms with van der Waals surface area (Å²) in [6.07, 6.45) is 0. The molecule has 0 spiro atoms. The first-order chi connectivity index (χ1) is 9.27. The van der Waals surface area contributed by atoms with Crippen LogP contribution < -0.4 is 5.32 Å². The van der Waals surface area contributed by atoms with Gasteiger partial charge in [0.2, 0.25) is 0 Å². The van der Waals surface area contributed by atoms with Gasteiger partial charge in [-0.2, -0.15) is 0 Å². The predicted molar refractivity (Wildman–Crippen MR) is 69.5 cm³/mol. The van der Waals surface area contributed by atoms with Crippen LogP contribution in [-0.2, 0) is 23.7 Å². The molecule has 0 aliphatic carbocycles. The van der Waals surface area contributed by atoms with Crippen LogP contribution in [-0.4, -0.2) is 77.0 Å². The fourth-order valence-electron chi connectivity index (χ4n) is 1.16. The minimum Gasteiger partial charge on any atom is -0.480 e. The number of carbonyl (C=O) groups is 1. The highest BCUT2D eigenvalue weighted by molar-refractivity contribution is 5.67. The Morgan fingerprint density at radius 2 is 1.42 bits per heavy atom. The Balaban J connectivity index is 2.93. The maximum atomic E-state index is 10.1. The lowest BCUT2D eigenvalue weighted by atomic mass is 10.6. The fourth-order valence-corrected chi connectivity index (χ4v) is 1.16. The molecule has 0 saturated carbocycles. The average molecular weight is 279 g/mol. The highest BCUT2D eigenvalue weighted by Crippen LogP contribution is 1.80. The normalized spacial score (nSPS) is 10.8. The summed E-state index contributed by atoms with van der Waals surface area (Å²) in [5.41, 5.74) is 0. The van der Waals surface area contributed by atoms with Gasteiger partial charge in [0.05, 0.1) is 39.6 Å². The van der Waals surface area contributed by atoms with Gasteiger partial charge in [-0.3, -0.25) is 0 Å². The van der Waals surface area contributed by atoms with E-state index in [9.17, 15) is 4.79 Å². The summed E-state index contributed by atoms with van der Waals surface area (Å²) in [7, 11) is 0. The SMILES string of the molecule is CCOCCOCCNCCOCCOCC(=O)O. The first kappa shape index (κ1) is 18.3. The summed E-state index contributed by atoms with van der Waals surface area (Å²) in [4.78, 5) is 10.1. The van der Waals surface area contributed by atoms with E-state index in [4.69, 9.17) is 24.1 Å². The summed E-state index contributed by atoms with van der Waals surface area (Å²) < 4.78 is 20.5. The Kier molecular flexibility index (Phi) is 14.7. The van der Waals surface area contributed by atoms with E-state index in [0.717, 1.165) is 19.7 Å².